The molecule has 4 aromatic carbocycles. The molecule has 1 amide bonds. The Labute approximate surface area is 343 Å². The Morgan fingerprint density at radius 2 is 1.63 bits per heavy atom. The fourth-order valence-corrected chi connectivity index (χ4v) is 8.94. The molecule has 6 rings (SSSR count). The van der Waals surface area contributed by atoms with Crippen LogP contribution in [-0.2, 0) is 16.6 Å². The van der Waals surface area contributed by atoms with Crippen LogP contribution < -0.4 is 14.9 Å². The third-order valence-corrected chi connectivity index (χ3v) is 12.9. The highest BCUT2D eigenvalue weighted by molar-refractivity contribution is 7.99. The van der Waals surface area contributed by atoms with E-state index in [1.54, 1.807) is 35.7 Å². The number of carbonyl (C=O) groups excluding carboxylic acids is 1. The Hall–Kier alpha value is -4.93. The lowest BCUT2D eigenvalue weighted by Gasteiger charge is -2.36. The van der Waals surface area contributed by atoms with Gasteiger partial charge in [-0.05, 0) is 106 Å². The molecule has 2 heterocycles. The molecule has 1 aliphatic heterocycles. The van der Waals surface area contributed by atoms with Crippen molar-refractivity contribution in [3.8, 4) is 11.3 Å². The van der Waals surface area contributed by atoms with Gasteiger partial charge in [0.25, 0.3) is 21.6 Å². The summed E-state index contributed by atoms with van der Waals surface area (Å²) >= 11 is 3.35. The maximum atomic E-state index is 13.4. The average molecular weight is 826 g/mol. The van der Waals surface area contributed by atoms with E-state index in [0.29, 0.717) is 12.2 Å². The van der Waals surface area contributed by atoms with Crippen LogP contribution in [0.15, 0.2) is 130 Å². The lowest BCUT2D eigenvalue weighted by atomic mass is 10.1. The minimum Gasteiger partial charge on any atom is -0.376 e. The van der Waals surface area contributed by atoms with Gasteiger partial charge in [-0.3, -0.25) is 24.8 Å². The van der Waals surface area contributed by atoms with Crippen LogP contribution >= 0.6 is 23.5 Å². The second-order valence-electron chi connectivity index (χ2n) is 14.0. The highest BCUT2D eigenvalue weighted by atomic mass is 32.2. The molecule has 298 valence electrons. The fraction of sp³-hybridized carbons (Fsp3) is 0.286. The molecular weight excluding hydrogens is 779 g/mol. The van der Waals surface area contributed by atoms with Gasteiger partial charge in [-0.15, -0.1) is 23.5 Å². The number of aromatic nitrogens is 1. The Kier molecular flexibility index (Phi) is 14.3. The van der Waals surface area contributed by atoms with Gasteiger partial charge in [0.15, 0.2) is 0 Å². The van der Waals surface area contributed by atoms with Crippen molar-refractivity contribution in [1.29, 1.82) is 0 Å². The summed E-state index contributed by atoms with van der Waals surface area (Å²) < 4.78 is 28.8. The Balaban J connectivity index is 1.06. The molecular formula is C42H47N7O5S3. The number of nitro benzene ring substituents is 1. The van der Waals surface area contributed by atoms with Crippen LogP contribution in [0.1, 0.15) is 22.3 Å². The highest BCUT2D eigenvalue weighted by Gasteiger charge is 2.26. The van der Waals surface area contributed by atoms with Gasteiger partial charge in [0.05, 0.1) is 15.5 Å². The van der Waals surface area contributed by atoms with Gasteiger partial charge in [-0.25, -0.2) is 13.1 Å². The van der Waals surface area contributed by atoms with Crippen molar-refractivity contribution in [2.75, 3.05) is 69.0 Å². The Bertz CT molecular complexity index is 2240. The van der Waals surface area contributed by atoms with Crippen LogP contribution in [0.25, 0.3) is 11.3 Å². The quantitative estimate of drug-likeness (QED) is 0.0551. The SMILES string of the molecule is CSc1ccc(-c2ncccc2CN2CCN(c3ccc(C(=O)NS(=O)(=O)c4ccc(N[C@H](CCN(C)C)CSc5ccccc5)c([N+](=O)[O-])c4)cc3)CC2)cc1. The van der Waals surface area contributed by atoms with Gasteiger partial charge in [-0.2, -0.15) is 0 Å². The molecule has 57 heavy (non-hydrogen) atoms. The maximum absolute atomic E-state index is 13.4. The third-order valence-electron chi connectivity index (χ3n) is 9.70. The van der Waals surface area contributed by atoms with E-state index in [1.165, 1.54) is 22.6 Å². The highest BCUT2D eigenvalue weighted by Crippen LogP contribution is 2.31. The molecule has 1 aromatic heterocycles. The number of rotatable bonds is 17. The lowest BCUT2D eigenvalue weighted by molar-refractivity contribution is -0.384. The number of hydrogen-bond acceptors (Lipinski definition) is 12. The number of nitro groups is 1. The number of nitrogens with zero attached hydrogens (tertiary/aromatic N) is 5. The van der Waals surface area contributed by atoms with Crippen LogP contribution in [-0.4, -0.2) is 98.9 Å². The molecule has 0 spiro atoms. The van der Waals surface area contributed by atoms with Crippen molar-refractivity contribution < 1.29 is 18.1 Å². The number of carbonyl (C=O) groups is 1. The number of nitrogens with one attached hydrogen (secondary N) is 2. The fourth-order valence-electron chi connectivity index (χ4n) is 6.54. The summed E-state index contributed by atoms with van der Waals surface area (Å²) in [6, 6.07) is 32.8. The number of sulfonamides is 1. The number of anilines is 2. The third kappa shape index (κ3) is 11.4. The molecule has 12 nitrogen and oxygen atoms in total. The summed E-state index contributed by atoms with van der Waals surface area (Å²) in [6.07, 6.45) is 4.60. The van der Waals surface area contributed by atoms with E-state index in [1.807, 2.05) is 73.7 Å². The Morgan fingerprint density at radius 1 is 0.912 bits per heavy atom. The maximum Gasteiger partial charge on any atom is 0.293 e. The molecule has 1 atom stereocenters. The van der Waals surface area contributed by atoms with Gasteiger partial charge in [0, 0.05) is 83.4 Å². The van der Waals surface area contributed by atoms with Gasteiger partial charge in [0.2, 0.25) is 0 Å². The second kappa shape index (κ2) is 19.5. The summed E-state index contributed by atoms with van der Waals surface area (Å²) in [5.41, 5.74) is 4.16. The molecule has 1 aliphatic rings. The van der Waals surface area contributed by atoms with E-state index in [4.69, 9.17) is 4.98 Å². The predicted molar refractivity (Wildman–Crippen MR) is 231 cm³/mol. The number of benzene rings is 4. The van der Waals surface area contributed by atoms with Gasteiger partial charge >= 0.3 is 0 Å². The zero-order chi connectivity index (χ0) is 40.4. The predicted octanol–water partition coefficient (Wildman–Crippen LogP) is 7.34. The molecule has 0 aliphatic carbocycles. The van der Waals surface area contributed by atoms with Crippen molar-refractivity contribution in [3.05, 3.63) is 137 Å². The van der Waals surface area contributed by atoms with E-state index in [-0.39, 0.29) is 22.2 Å². The first kappa shape index (κ1) is 41.7. The summed E-state index contributed by atoms with van der Waals surface area (Å²) in [5.74, 6) is -0.185. The monoisotopic (exact) mass is 825 g/mol. The van der Waals surface area contributed by atoms with Crippen LogP contribution in [0.4, 0.5) is 17.1 Å². The number of amides is 1. The molecule has 2 N–H and O–H groups in total. The molecule has 0 radical (unpaired) electrons. The van der Waals surface area contributed by atoms with Gasteiger partial charge < -0.3 is 15.1 Å². The summed E-state index contributed by atoms with van der Waals surface area (Å²) in [6.45, 7) is 4.77. The standard InChI is InChI=1S/C42H47N7O5S3/c1-46(2)23-21-34(30-56-37-9-5-4-6-10-37)44-39-20-19-38(28-40(39)49(51)52)57(53,54)45-42(50)32-11-15-35(16-12-32)48-26-24-47(25-27-48)29-33-8-7-22-43-41(33)31-13-17-36(55-3)18-14-31/h4-20,22,28,34,44H,21,23-27,29-30H2,1-3H3,(H,45,50)/t34-/m1/s1. The first-order chi connectivity index (χ1) is 27.5. The van der Waals surface area contributed by atoms with Crippen molar-refractivity contribution in [2.24, 2.45) is 0 Å². The minimum absolute atomic E-state index is 0.140. The summed E-state index contributed by atoms with van der Waals surface area (Å²) in [7, 11) is -0.508. The molecule has 5 aromatic rings. The largest absolute Gasteiger partial charge is 0.376 e. The number of piperazine rings is 1. The van der Waals surface area contributed by atoms with Crippen LogP contribution in [0.2, 0.25) is 0 Å². The Morgan fingerprint density at radius 3 is 2.30 bits per heavy atom. The summed E-state index contributed by atoms with van der Waals surface area (Å²) in [4.78, 5) is 38.0. The van der Waals surface area contributed by atoms with Gasteiger partial charge in [-0.1, -0.05) is 36.4 Å². The van der Waals surface area contributed by atoms with Crippen molar-refractivity contribution in [3.63, 3.8) is 0 Å². The number of thioether (sulfide) groups is 2. The molecule has 1 saturated heterocycles. The number of pyridine rings is 1. The van der Waals surface area contributed by atoms with Crippen LogP contribution in [0.3, 0.4) is 0 Å². The van der Waals surface area contributed by atoms with Crippen molar-refractivity contribution >= 4 is 56.5 Å². The minimum atomic E-state index is -4.43. The molecule has 0 unspecified atom stereocenters. The van der Waals surface area contributed by atoms with E-state index in [2.05, 4.69) is 56.4 Å². The normalized spacial score (nSPS) is 14.0. The first-order valence-electron chi connectivity index (χ1n) is 18.6. The van der Waals surface area contributed by atoms with E-state index in [9.17, 15) is 23.3 Å². The summed E-state index contributed by atoms with van der Waals surface area (Å²) in [5, 5.41) is 15.5. The molecule has 1 fully saturated rings. The van der Waals surface area contributed by atoms with E-state index >= 15 is 0 Å². The van der Waals surface area contributed by atoms with E-state index in [0.717, 1.165) is 67.2 Å². The smallest absolute Gasteiger partial charge is 0.293 e. The van der Waals surface area contributed by atoms with Crippen molar-refractivity contribution in [1.82, 2.24) is 19.5 Å². The van der Waals surface area contributed by atoms with E-state index < -0.39 is 26.5 Å². The van der Waals surface area contributed by atoms with Crippen LogP contribution in [0, 0.1) is 10.1 Å². The van der Waals surface area contributed by atoms with Crippen LogP contribution in [0.5, 0.6) is 0 Å². The molecule has 15 heteroatoms. The average Bonchev–Trinajstić information content (AvgIpc) is 3.22. The van der Waals surface area contributed by atoms with Gasteiger partial charge in [0.1, 0.15) is 5.69 Å². The second-order valence-corrected chi connectivity index (χ2v) is 17.6. The van der Waals surface area contributed by atoms with Crippen molar-refractivity contribution in [2.45, 2.75) is 33.7 Å². The molecule has 0 bridgehead atoms. The first-order valence-corrected chi connectivity index (χ1v) is 22.3. The topological polar surface area (TPSA) is 141 Å². The zero-order valence-electron chi connectivity index (χ0n) is 32.2. The molecule has 0 saturated carbocycles. The zero-order valence-corrected chi connectivity index (χ0v) is 34.7. The lowest BCUT2D eigenvalue weighted by Crippen LogP contribution is -2.46. The number of hydrogen-bond donors (Lipinski definition) is 2.